The number of nitrogens with zero attached hydrogens (tertiary/aromatic N) is 1. The number of benzene rings is 2. The van der Waals surface area contributed by atoms with Gasteiger partial charge in [0.05, 0.1) is 6.04 Å². The fourth-order valence-electron chi connectivity index (χ4n) is 3.77. The molecule has 1 amide bonds. The van der Waals surface area contributed by atoms with Crippen LogP contribution in [-0.4, -0.2) is 11.9 Å². The van der Waals surface area contributed by atoms with Gasteiger partial charge in [-0.15, -0.1) is 0 Å². The summed E-state index contributed by atoms with van der Waals surface area (Å²) in [6.45, 7) is 6.06. The van der Waals surface area contributed by atoms with Gasteiger partial charge < -0.3 is 10.2 Å². The van der Waals surface area contributed by atoms with E-state index in [1.165, 1.54) is 5.56 Å². The number of carbonyl (C=O) groups excluding carboxylic acids is 1. The molecule has 3 nitrogen and oxygen atoms in total. The summed E-state index contributed by atoms with van der Waals surface area (Å²) in [7, 11) is 0. The highest BCUT2D eigenvalue weighted by atomic mass is 16.2. The molecule has 1 N–H and O–H groups in total. The Hall–Kier alpha value is -2.29. The Morgan fingerprint density at radius 2 is 1.74 bits per heavy atom. The van der Waals surface area contributed by atoms with E-state index in [1.807, 2.05) is 29.2 Å². The van der Waals surface area contributed by atoms with Crippen LogP contribution in [0.5, 0.6) is 0 Å². The van der Waals surface area contributed by atoms with Crippen LogP contribution in [0.1, 0.15) is 38.8 Å². The number of fused-ring (bicyclic) bond motifs is 1. The van der Waals surface area contributed by atoms with Crippen LogP contribution in [0.3, 0.4) is 0 Å². The molecule has 2 aromatic rings. The Morgan fingerprint density at radius 1 is 1.09 bits per heavy atom. The molecule has 0 radical (unpaired) electrons. The number of nitrogens with one attached hydrogen (secondary N) is 1. The zero-order chi connectivity index (χ0) is 16.4. The Kier molecular flexibility index (Phi) is 4.37. The van der Waals surface area contributed by atoms with E-state index < -0.39 is 0 Å². The first-order valence-corrected chi connectivity index (χ1v) is 8.33. The average molecular weight is 308 g/mol. The SMILES string of the molecule is CC[C@@H]1[C@H](C)[C@@H](Nc2ccccc2)c2ccccc2N1C(C)=O. The van der Waals surface area contributed by atoms with Crippen molar-refractivity contribution in [2.45, 2.75) is 39.3 Å². The van der Waals surface area contributed by atoms with Gasteiger partial charge in [-0.3, -0.25) is 4.79 Å². The van der Waals surface area contributed by atoms with E-state index in [9.17, 15) is 4.79 Å². The van der Waals surface area contributed by atoms with Gasteiger partial charge in [0.15, 0.2) is 0 Å². The molecule has 0 spiro atoms. The van der Waals surface area contributed by atoms with E-state index >= 15 is 0 Å². The number of hydrogen-bond donors (Lipinski definition) is 1. The molecule has 0 fully saturated rings. The maximum absolute atomic E-state index is 12.2. The summed E-state index contributed by atoms with van der Waals surface area (Å²) in [5, 5.41) is 3.67. The van der Waals surface area contributed by atoms with Crippen molar-refractivity contribution >= 4 is 17.3 Å². The third-order valence-corrected chi connectivity index (χ3v) is 4.85. The molecule has 0 unspecified atom stereocenters. The van der Waals surface area contributed by atoms with E-state index in [1.54, 1.807) is 6.92 Å². The number of rotatable bonds is 3. The minimum Gasteiger partial charge on any atom is -0.378 e. The predicted molar refractivity (Wildman–Crippen MR) is 95.7 cm³/mol. The zero-order valence-corrected chi connectivity index (χ0v) is 14.0. The van der Waals surface area contributed by atoms with E-state index in [4.69, 9.17) is 0 Å². The van der Waals surface area contributed by atoms with Gasteiger partial charge in [0.2, 0.25) is 5.91 Å². The van der Waals surface area contributed by atoms with E-state index in [-0.39, 0.29) is 18.0 Å². The lowest BCUT2D eigenvalue weighted by atomic mass is 9.81. The van der Waals surface area contributed by atoms with Crippen LogP contribution in [0.4, 0.5) is 11.4 Å². The molecule has 0 saturated heterocycles. The number of amides is 1. The molecule has 3 rings (SSSR count). The first-order valence-electron chi connectivity index (χ1n) is 8.33. The van der Waals surface area contributed by atoms with E-state index in [0.29, 0.717) is 5.92 Å². The maximum atomic E-state index is 12.2. The maximum Gasteiger partial charge on any atom is 0.224 e. The topological polar surface area (TPSA) is 32.3 Å². The minimum atomic E-state index is 0.120. The molecule has 23 heavy (non-hydrogen) atoms. The summed E-state index contributed by atoms with van der Waals surface area (Å²) < 4.78 is 0. The second-order valence-electron chi connectivity index (χ2n) is 6.27. The molecular weight excluding hydrogens is 284 g/mol. The minimum absolute atomic E-state index is 0.120. The summed E-state index contributed by atoms with van der Waals surface area (Å²) in [5.74, 6) is 0.452. The Morgan fingerprint density at radius 3 is 2.39 bits per heavy atom. The van der Waals surface area contributed by atoms with E-state index in [0.717, 1.165) is 17.8 Å². The quantitative estimate of drug-likeness (QED) is 0.897. The molecule has 0 aliphatic carbocycles. The Balaban J connectivity index is 2.05. The second kappa shape index (κ2) is 6.45. The largest absolute Gasteiger partial charge is 0.378 e. The van der Waals surface area contributed by atoms with Gasteiger partial charge in [-0.25, -0.2) is 0 Å². The van der Waals surface area contributed by atoms with Crippen LogP contribution in [-0.2, 0) is 4.79 Å². The summed E-state index contributed by atoms with van der Waals surface area (Å²) >= 11 is 0. The number of anilines is 2. The van der Waals surface area contributed by atoms with Gasteiger partial charge in [0.1, 0.15) is 0 Å². The molecule has 3 atom stereocenters. The molecule has 1 heterocycles. The first-order chi connectivity index (χ1) is 11.1. The molecule has 120 valence electrons. The molecule has 3 heteroatoms. The van der Waals surface area contributed by atoms with E-state index in [2.05, 4.69) is 49.5 Å². The van der Waals surface area contributed by atoms with Crippen molar-refractivity contribution in [1.82, 2.24) is 0 Å². The molecular formula is C20H24N2O. The van der Waals surface area contributed by atoms with Crippen molar-refractivity contribution in [3.63, 3.8) is 0 Å². The molecule has 0 saturated carbocycles. The highest BCUT2D eigenvalue weighted by molar-refractivity contribution is 5.94. The van der Waals surface area contributed by atoms with Crippen LogP contribution in [0.15, 0.2) is 54.6 Å². The standard InChI is InChI=1S/C20H24N2O/c1-4-18-14(2)20(21-16-10-6-5-7-11-16)17-12-8-9-13-19(17)22(18)15(3)23/h5-14,18,20-21H,4H2,1-3H3/t14-,18+,20+/m0/s1. The van der Waals surface area contributed by atoms with Crippen LogP contribution in [0.25, 0.3) is 0 Å². The fraction of sp³-hybridized carbons (Fsp3) is 0.350. The van der Waals surface area contributed by atoms with Gasteiger partial charge in [-0.1, -0.05) is 50.2 Å². The van der Waals surface area contributed by atoms with Crippen LogP contribution < -0.4 is 10.2 Å². The highest BCUT2D eigenvalue weighted by Crippen LogP contribution is 2.43. The van der Waals surface area contributed by atoms with Gasteiger partial charge in [0.25, 0.3) is 0 Å². The average Bonchev–Trinajstić information content (AvgIpc) is 2.57. The summed E-state index contributed by atoms with van der Waals surface area (Å²) in [4.78, 5) is 14.2. The van der Waals surface area contributed by atoms with Crippen molar-refractivity contribution in [2.24, 2.45) is 5.92 Å². The van der Waals surface area contributed by atoms with Crippen molar-refractivity contribution in [3.05, 3.63) is 60.2 Å². The molecule has 0 bridgehead atoms. The van der Waals surface area contributed by atoms with Gasteiger partial charge in [-0.2, -0.15) is 0 Å². The van der Waals surface area contributed by atoms with Crippen molar-refractivity contribution in [2.75, 3.05) is 10.2 Å². The fourth-order valence-corrected chi connectivity index (χ4v) is 3.77. The number of carbonyl (C=O) groups is 1. The lowest BCUT2D eigenvalue weighted by Crippen LogP contribution is -2.49. The Labute approximate surface area is 138 Å². The molecule has 1 aliphatic heterocycles. The van der Waals surface area contributed by atoms with Crippen molar-refractivity contribution in [1.29, 1.82) is 0 Å². The second-order valence-corrected chi connectivity index (χ2v) is 6.27. The zero-order valence-electron chi connectivity index (χ0n) is 14.0. The molecule has 2 aromatic carbocycles. The van der Waals surface area contributed by atoms with Crippen LogP contribution in [0, 0.1) is 5.92 Å². The van der Waals surface area contributed by atoms with Gasteiger partial charge >= 0.3 is 0 Å². The van der Waals surface area contributed by atoms with Gasteiger partial charge in [-0.05, 0) is 30.2 Å². The van der Waals surface area contributed by atoms with Crippen molar-refractivity contribution in [3.8, 4) is 0 Å². The molecule has 0 aromatic heterocycles. The summed E-state index contributed by atoms with van der Waals surface area (Å²) in [6, 6.07) is 19.0. The Bertz CT molecular complexity index is 683. The predicted octanol–water partition coefficient (Wildman–Crippen LogP) is 4.62. The first kappa shape index (κ1) is 15.6. The smallest absolute Gasteiger partial charge is 0.224 e. The normalized spacial score (nSPS) is 23.3. The monoisotopic (exact) mass is 308 g/mol. The summed E-state index contributed by atoms with van der Waals surface area (Å²) in [5.41, 5.74) is 3.35. The highest BCUT2D eigenvalue weighted by Gasteiger charge is 2.39. The lowest BCUT2D eigenvalue weighted by Gasteiger charge is -2.45. The number of para-hydroxylation sites is 2. The van der Waals surface area contributed by atoms with Gasteiger partial charge in [0, 0.05) is 30.3 Å². The van der Waals surface area contributed by atoms with Crippen molar-refractivity contribution < 1.29 is 4.79 Å². The van der Waals surface area contributed by atoms with Crippen LogP contribution in [0.2, 0.25) is 0 Å². The third kappa shape index (κ3) is 2.83. The summed E-state index contributed by atoms with van der Waals surface area (Å²) in [6.07, 6.45) is 0.946. The molecule has 1 aliphatic rings. The third-order valence-electron chi connectivity index (χ3n) is 4.85. The number of hydrogen-bond acceptors (Lipinski definition) is 2. The lowest BCUT2D eigenvalue weighted by molar-refractivity contribution is -0.117. The van der Waals surface area contributed by atoms with Crippen LogP contribution >= 0.6 is 0 Å².